The molecule has 0 aromatic rings. The smallest absolute Gasteiger partial charge is 0.226 e. The lowest BCUT2D eigenvalue weighted by Gasteiger charge is -2.41. The van der Waals surface area contributed by atoms with Crippen molar-refractivity contribution in [1.82, 2.24) is 4.90 Å². The van der Waals surface area contributed by atoms with Crippen molar-refractivity contribution in [3.05, 3.63) is 0 Å². The van der Waals surface area contributed by atoms with Gasteiger partial charge in [-0.3, -0.25) is 9.59 Å². The summed E-state index contributed by atoms with van der Waals surface area (Å²) in [5, 5.41) is 0. The first kappa shape index (κ1) is 14.1. The molecule has 3 rings (SSSR count). The summed E-state index contributed by atoms with van der Waals surface area (Å²) in [5.41, 5.74) is 0.190. The molecule has 3 heteroatoms. The number of carbonyl (C=O) groups is 2. The van der Waals surface area contributed by atoms with Gasteiger partial charge in [0.1, 0.15) is 5.78 Å². The van der Waals surface area contributed by atoms with E-state index in [4.69, 9.17) is 0 Å². The molecule has 0 spiro atoms. The molecule has 0 aromatic carbocycles. The van der Waals surface area contributed by atoms with Crippen LogP contribution < -0.4 is 0 Å². The van der Waals surface area contributed by atoms with E-state index in [1.54, 1.807) is 0 Å². The van der Waals surface area contributed by atoms with Crippen LogP contribution in [0, 0.1) is 17.3 Å². The summed E-state index contributed by atoms with van der Waals surface area (Å²) in [6.45, 7) is 5.24. The van der Waals surface area contributed by atoms with Gasteiger partial charge in [0.2, 0.25) is 5.91 Å². The van der Waals surface area contributed by atoms with Gasteiger partial charge in [-0.25, -0.2) is 0 Å². The molecule has 112 valence electrons. The molecular formula is C17H27NO2. The summed E-state index contributed by atoms with van der Waals surface area (Å²) in [6, 6.07) is 0.209. The van der Waals surface area contributed by atoms with Crippen LogP contribution in [0.3, 0.4) is 0 Å². The van der Waals surface area contributed by atoms with Crippen LogP contribution in [-0.4, -0.2) is 29.2 Å². The molecular weight excluding hydrogens is 250 g/mol. The largest absolute Gasteiger partial charge is 0.339 e. The highest BCUT2D eigenvalue weighted by Crippen LogP contribution is 2.53. The number of piperidine rings is 1. The van der Waals surface area contributed by atoms with Crippen molar-refractivity contribution < 1.29 is 9.59 Å². The van der Waals surface area contributed by atoms with Gasteiger partial charge in [-0.15, -0.1) is 0 Å². The van der Waals surface area contributed by atoms with Gasteiger partial charge in [0, 0.05) is 30.8 Å². The van der Waals surface area contributed by atoms with Gasteiger partial charge in [0.25, 0.3) is 0 Å². The van der Waals surface area contributed by atoms with E-state index < -0.39 is 0 Å². The molecule has 1 amide bonds. The Kier molecular flexibility index (Phi) is 3.64. The second-order valence-corrected chi connectivity index (χ2v) is 7.66. The van der Waals surface area contributed by atoms with Gasteiger partial charge >= 0.3 is 0 Å². The second-order valence-electron chi connectivity index (χ2n) is 7.66. The highest BCUT2D eigenvalue weighted by molar-refractivity contribution is 5.86. The summed E-state index contributed by atoms with van der Waals surface area (Å²) >= 11 is 0. The van der Waals surface area contributed by atoms with Crippen LogP contribution in [0.1, 0.15) is 65.2 Å². The number of ketones is 1. The molecule has 3 atom stereocenters. The molecule has 2 aliphatic carbocycles. The summed E-state index contributed by atoms with van der Waals surface area (Å²) < 4.78 is 0. The average Bonchev–Trinajstić information content (AvgIpc) is 3.08. The molecule has 0 bridgehead atoms. The first-order valence-corrected chi connectivity index (χ1v) is 8.34. The fraction of sp³-hybridized carbons (Fsp3) is 0.882. The van der Waals surface area contributed by atoms with E-state index in [1.165, 1.54) is 6.42 Å². The molecule has 0 radical (unpaired) electrons. The van der Waals surface area contributed by atoms with E-state index in [0.717, 1.165) is 51.5 Å². The summed E-state index contributed by atoms with van der Waals surface area (Å²) in [5.74, 6) is 1.09. The van der Waals surface area contributed by atoms with Crippen LogP contribution >= 0.6 is 0 Å². The maximum atomic E-state index is 12.8. The highest BCUT2D eigenvalue weighted by atomic mass is 16.2. The van der Waals surface area contributed by atoms with Gasteiger partial charge in [0.05, 0.1) is 0 Å². The molecule has 1 aliphatic heterocycles. The second kappa shape index (κ2) is 5.16. The molecule has 0 aromatic heterocycles. The third-order valence-corrected chi connectivity index (χ3v) is 5.71. The Morgan fingerprint density at radius 2 is 1.85 bits per heavy atom. The van der Waals surface area contributed by atoms with Crippen LogP contribution in [0.4, 0.5) is 0 Å². The van der Waals surface area contributed by atoms with Crippen molar-refractivity contribution in [2.45, 2.75) is 71.3 Å². The van der Waals surface area contributed by atoms with Gasteiger partial charge in [-0.2, -0.15) is 0 Å². The number of hydrogen-bond acceptors (Lipinski definition) is 2. The zero-order valence-electron chi connectivity index (χ0n) is 12.9. The Morgan fingerprint density at radius 3 is 2.50 bits per heavy atom. The molecule has 1 saturated heterocycles. The van der Waals surface area contributed by atoms with Gasteiger partial charge in [0.15, 0.2) is 0 Å². The first-order valence-electron chi connectivity index (χ1n) is 8.34. The predicted molar refractivity (Wildman–Crippen MR) is 78.2 cm³/mol. The number of hydrogen-bond donors (Lipinski definition) is 0. The molecule has 3 unspecified atom stereocenters. The molecule has 3 fully saturated rings. The number of carbonyl (C=O) groups excluding carboxylic acids is 2. The number of rotatable bonds is 2. The van der Waals surface area contributed by atoms with Crippen LogP contribution in [0.5, 0.6) is 0 Å². The molecule has 0 N–H and O–H groups in total. The quantitative estimate of drug-likeness (QED) is 0.777. The number of Topliss-reactive ketones (excluding diaryl/α,β-unsaturated/α-hetero) is 1. The normalized spacial score (nSPS) is 36.8. The molecule has 20 heavy (non-hydrogen) atoms. The van der Waals surface area contributed by atoms with Crippen molar-refractivity contribution in [2.75, 3.05) is 6.54 Å². The molecule has 3 nitrogen and oxygen atoms in total. The zero-order chi connectivity index (χ0) is 14.3. The van der Waals surface area contributed by atoms with E-state index in [-0.39, 0.29) is 23.3 Å². The van der Waals surface area contributed by atoms with E-state index in [0.29, 0.717) is 11.7 Å². The lowest BCUT2D eigenvalue weighted by atomic mass is 9.79. The summed E-state index contributed by atoms with van der Waals surface area (Å²) in [7, 11) is 0. The Labute approximate surface area is 122 Å². The van der Waals surface area contributed by atoms with Crippen LogP contribution in [0.15, 0.2) is 0 Å². The molecule has 2 saturated carbocycles. The monoisotopic (exact) mass is 277 g/mol. The number of likely N-dealkylation sites (tertiary alicyclic amines) is 1. The lowest BCUT2D eigenvalue weighted by Crippen LogP contribution is -2.51. The average molecular weight is 277 g/mol. The van der Waals surface area contributed by atoms with Crippen molar-refractivity contribution >= 4 is 11.7 Å². The van der Waals surface area contributed by atoms with E-state index >= 15 is 0 Å². The lowest BCUT2D eigenvalue weighted by molar-refractivity contribution is -0.141. The van der Waals surface area contributed by atoms with E-state index in [1.807, 2.05) is 0 Å². The first-order chi connectivity index (χ1) is 9.50. The Balaban J connectivity index is 1.73. The summed E-state index contributed by atoms with van der Waals surface area (Å²) in [4.78, 5) is 27.1. The van der Waals surface area contributed by atoms with Crippen molar-refractivity contribution in [3.8, 4) is 0 Å². The minimum absolute atomic E-state index is 0.134. The maximum Gasteiger partial charge on any atom is 0.226 e. The minimum atomic E-state index is 0.134. The minimum Gasteiger partial charge on any atom is -0.339 e. The van der Waals surface area contributed by atoms with Gasteiger partial charge < -0.3 is 4.90 Å². The number of nitrogens with zero attached hydrogens (tertiary/aromatic N) is 1. The topological polar surface area (TPSA) is 37.4 Å². The third kappa shape index (κ3) is 2.51. The van der Waals surface area contributed by atoms with Crippen molar-refractivity contribution in [2.24, 2.45) is 17.3 Å². The van der Waals surface area contributed by atoms with Gasteiger partial charge in [-0.1, -0.05) is 20.3 Å². The fourth-order valence-corrected chi connectivity index (χ4v) is 4.16. The van der Waals surface area contributed by atoms with E-state index in [9.17, 15) is 9.59 Å². The maximum absolute atomic E-state index is 12.8. The van der Waals surface area contributed by atoms with Crippen molar-refractivity contribution in [3.63, 3.8) is 0 Å². The Hall–Kier alpha value is -0.860. The van der Waals surface area contributed by atoms with Crippen molar-refractivity contribution in [1.29, 1.82) is 0 Å². The highest BCUT2D eigenvalue weighted by Gasteiger charge is 2.53. The zero-order valence-corrected chi connectivity index (χ0v) is 12.9. The van der Waals surface area contributed by atoms with Gasteiger partial charge in [-0.05, 0) is 43.9 Å². The Morgan fingerprint density at radius 1 is 1.15 bits per heavy atom. The number of amides is 1. The van der Waals surface area contributed by atoms with Crippen LogP contribution in [0.25, 0.3) is 0 Å². The fourth-order valence-electron chi connectivity index (χ4n) is 4.16. The summed E-state index contributed by atoms with van der Waals surface area (Å²) in [6.07, 6.45) is 8.28. The van der Waals surface area contributed by atoms with E-state index in [2.05, 4.69) is 18.7 Å². The molecule has 1 heterocycles. The van der Waals surface area contributed by atoms with Crippen LogP contribution in [-0.2, 0) is 9.59 Å². The predicted octanol–water partition coefficient (Wildman–Crippen LogP) is 3.17. The van der Waals surface area contributed by atoms with Crippen LogP contribution in [0.2, 0.25) is 0 Å². The third-order valence-electron chi connectivity index (χ3n) is 5.71. The standard InChI is InChI=1S/C17H27NO2/c1-17(2)11-13(17)16(20)18-10-6-5-8-14(18)12-7-3-4-9-15(12)19/h12-14H,3-11H2,1-2H3. The molecule has 3 aliphatic rings. The Bertz CT molecular complexity index is 415. The SMILES string of the molecule is CC1(C)CC1C(=O)N1CCCCC1C1CCCCC1=O.